The third kappa shape index (κ3) is 3.57. The minimum absolute atomic E-state index is 0.216. The van der Waals surface area contributed by atoms with Gasteiger partial charge in [-0.2, -0.15) is 0 Å². The van der Waals surface area contributed by atoms with Gasteiger partial charge in [0.2, 0.25) is 0 Å². The van der Waals surface area contributed by atoms with E-state index in [4.69, 9.17) is 0 Å². The van der Waals surface area contributed by atoms with Gasteiger partial charge in [0, 0.05) is 18.8 Å². The minimum Gasteiger partial charge on any atom is -0.303 e. The predicted octanol–water partition coefficient (Wildman–Crippen LogP) is 6.78. The fourth-order valence-electron chi connectivity index (χ4n) is 8.31. The molecule has 3 fully saturated rings. The van der Waals surface area contributed by atoms with E-state index in [9.17, 15) is 9.59 Å². The first kappa shape index (κ1) is 21.3. The molecule has 2 heteroatoms. The van der Waals surface area contributed by atoms with Crippen molar-refractivity contribution in [3.8, 4) is 0 Å². The average Bonchev–Trinajstić information content (AvgIpc) is 3.05. The Morgan fingerprint density at radius 1 is 1.07 bits per heavy atom. The van der Waals surface area contributed by atoms with Crippen LogP contribution in [0.1, 0.15) is 98.3 Å². The van der Waals surface area contributed by atoms with Gasteiger partial charge in [0.25, 0.3) is 0 Å². The van der Waals surface area contributed by atoms with Gasteiger partial charge in [-0.05, 0) is 85.4 Å². The SMILES string of the molecule is CC(C=O)CCCC(C)[C@H]1CCC2C3=CCC4CC(=O)CC[C@]4(C)C3CC[C@@]21C. The first-order valence-corrected chi connectivity index (χ1v) is 12.5. The van der Waals surface area contributed by atoms with Crippen LogP contribution in [-0.2, 0) is 9.59 Å². The van der Waals surface area contributed by atoms with Crippen LogP contribution in [0.5, 0.6) is 0 Å². The molecule has 0 N–H and O–H groups in total. The van der Waals surface area contributed by atoms with Crippen LogP contribution in [-0.4, -0.2) is 12.1 Å². The van der Waals surface area contributed by atoms with Crippen LogP contribution >= 0.6 is 0 Å². The molecule has 3 saturated carbocycles. The molecule has 0 aromatic carbocycles. The van der Waals surface area contributed by atoms with Crippen LogP contribution in [0, 0.1) is 46.3 Å². The third-order valence-corrected chi connectivity index (χ3v) is 10.2. The maximum Gasteiger partial charge on any atom is 0.133 e. The molecule has 4 aliphatic carbocycles. The number of carbonyl (C=O) groups is 2. The summed E-state index contributed by atoms with van der Waals surface area (Å²) in [5.74, 6) is 4.42. The van der Waals surface area contributed by atoms with Gasteiger partial charge in [0.1, 0.15) is 12.1 Å². The number of rotatable bonds is 6. The van der Waals surface area contributed by atoms with Crippen molar-refractivity contribution in [2.75, 3.05) is 0 Å². The summed E-state index contributed by atoms with van der Waals surface area (Å²) in [6, 6.07) is 0. The van der Waals surface area contributed by atoms with E-state index in [0.29, 0.717) is 22.5 Å². The van der Waals surface area contributed by atoms with Crippen molar-refractivity contribution >= 4 is 12.1 Å². The van der Waals surface area contributed by atoms with Crippen LogP contribution in [0.15, 0.2) is 11.6 Å². The average molecular weight is 399 g/mol. The van der Waals surface area contributed by atoms with Crippen LogP contribution in [0.25, 0.3) is 0 Å². The smallest absolute Gasteiger partial charge is 0.133 e. The van der Waals surface area contributed by atoms with Crippen molar-refractivity contribution in [2.45, 2.75) is 98.3 Å². The molecule has 8 atom stereocenters. The van der Waals surface area contributed by atoms with Crippen molar-refractivity contribution in [3.63, 3.8) is 0 Å². The summed E-state index contributed by atoms with van der Waals surface area (Å²) in [7, 11) is 0. The molecule has 0 spiro atoms. The van der Waals surface area contributed by atoms with E-state index in [2.05, 4.69) is 26.8 Å². The van der Waals surface area contributed by atoms with E-state index in [-0.39, 0.29) is 5.92 Å². The molecule has 2 nitrogen and oxygen atoms in total. The molecule has 0 aliphatic heterocycles. The van der Waals surface area contributed by atoms with Crippen LogP contribution in [0.4, 0.5) is 0 Å². The van der Waals surface area contributed by atoms with Crippen molar-refractivity contribution < 1.29 is 9.59 Å². The lowest BCUT2D eigenvalue weighted by atomic mass is 9.47. The molecular weight excluding hydrogens is 356 g/mol. The number of hydrogen-bond donors (Lipinski definition) is 0. The molecule has 0 bridgehead atoms. The molecule has 4 rings (SSSR count). The first-order chi connectivity index (χ1) is 13.8. The second kappa shape index (κ2) is 7.97. The fraction of sp³-hybridized carbons (Fsp3) is 0.852. The molecule has 0 aromatic rings. The van der Waals surface area contributed by atoms with Gasteiger partial charge in [-0.1, -0.05) is 52.2 Å². The monoisotopic (exact) mass is 398 g/mol. The topological polar surface area (TPSA) is 34.1 Å². The zero-order valence-electron chi connectivity index (χ0n) is 19.2. The highest BCUT2D eigenvalue weighted by Gasteiger charge is 2.58. The van der Waals surface area contributed by atoms with Gasteiger partial charge in [0.05, 0.1) is 0 Å². The Balaban J connectivity index is 1.48. The maximum absolute atomic E-state index is 12.1. The number of ketones is 1. The van der Waals surface area contributed by atoms with Crippen molar-refractivity contribution in [1.29, 1.82) is 0 Å². The molecule has 5 unspecified atom stereocenters. The van der Waals surface area contributed by atoms with Crippen LogP contribution in [0.2, 0.25) is 0 Å². The Labute approximate surface area is 178 Å². The summed E-state index contributed by atoms with van der Waals surface area (Å²) < 4.78 is 0. The molecular formula is C27H42O2. The van der Waals surface area contributed by atoms with Crippen molar-refractivity contribution in [1.82, 2.24) is 0 Å². The second-order valence-electron chi connectivity index (χ2n) is 11.7. The second-order valence-corrected chi connectivity index (χ2v) is 11.7. The lowest BCUT2D eigenvalue weighted by Gasteiger charge is -2.57. The summed E-state index contributed by atoms with van der Waals surface area (Å²) in [5, 5.41) is 0. The van der Waals surface area contributed by atoms with Crippen LogP contribution < -0.4 is 0 Å². The fourth-order valence-corrected chi connectivity index (χ4v) is 8.31. The lowest BCUT2D eigenvalue weighted by molar-refractivity contribution is -0.127. The Morgan fingerprint density at radius 3 is 2.59 bits per heavy atom. The van der Waals surface area contributed by atoms with E-state index >= 15 is 0 Å². The quantitative estimate of drug-likeness (QED) is 0.365. The molecule has 0 amide bonds. The van der Waals surface area contributed by atoms with E-state index in [1.165, 1.54) is 38.5 Å². The van der Waals surface area contributed by atoms with Gasteiger partial charge in [-0.3, -0.25) is 4.79 Å². The highest BCUT2D eigenvalue weighted by Crippen LogP contribution is 2.66. The summed E-state index contributed by atoms with van der Waals surface area (Å²) in [6.07, 6.45) is 16.6. The Kier molecular flexibility index (Phi) is 5.86. The number of fused-ring (bicyclic) bond motifs is 5. The molecule has 29 heavy (non-hydrogen) atoms. The molecule has 0 aromatic heterocycles. The van der Waals surface area contributed by atoms with Crippen molar-refractivity contribution in [3.05, 3.63) is 11.6 Å². The Bertz CT molecular complexity index is 678. The zero-order chi connectivity index (χ0) is 20.8. The predicted molar refractivity (Wildman–Crippen MR) is 118 cm³/mol. The van der Waals surface area contributed by atoms with Gasteiger partial charge < -0.3 is 4.79 Å². The summed E-state index contributed by atoms with van der Waals surface area (Å²) >= 11 is 0. The molecule has 0 heterocycles. The summed E-state index contributed by atoms with van der Waals surface area (Å²) in [4.78, 5) is 23.0. The van der Waals surface area contributed by atoms with E-state index < -0.39 is 0 Å². The zero-order valence-corrected chi connectivity index (χ0v) is 19.2. The van der Waals surface area contributed by atoms with Crippen molar-refractivity contribution in [2.24, 2.45) is 46.3 Å². The van der Waals surface area contributed by atoms with E-state index in [1.54, 1.807) is 5.57 Å². The Hall–Kier alpha value is -0.920. The lowest BCUT2D eigenvalue weighted by Crippen LogP contribution is -2.49. The number of allylic oxidation sites excluding steroid dienone is 2. The molecule has 0 radical (unpaired) electrons. The van der Waals surface area contributed by atoms with Gasteiger partial charge in [-0.25, -0.2) is 0 Å². The largest absolute Gasteiger partial charge is 0.303 e. The Morgan fingerprint density at radius 2 is 1.83 bits per heavy atom. The summed E-state index contributed by atoms with van der Waals surface area (Å²) in [6.45, 7) is 9.66. The summed E-state index contributed by atoms with van der Waals surface area (Å²) in [5.41, 5.74) is 2.64. The maximum atomic E-state index is 12.1. The highest BCUT2D eigenvalue weighted by atomic mass is 16.1. The minimum atomic E-state index is 0.216. The number of Topliss-reactive ketones (excluding diaryl/α,β-unsaturated/α-hetero) is 1. The highest BCUT2D eigenvalue weighted by molar-refractivity contribution is 5.79. The first-order valence-electron chi connectivity index (χ1n) is 12.5. The molecule has 4 aliphatic rings. The van der Waals surface area contributed by atoms with E-state index in [1.807, 2.05) is 6.92 Å². The van der Waals surface area contributed by atoms with Gasteiger partial charge in [-0.15, -0.1) is 0 Å². The number of hydrogen-bond acceptors (Lipinski definition) is 2. The van der Waals surface area contributed by atoms with Gasteiger partial charge >= 0.3 is 0 Å². The normalized spacial score (nSPS) is 43.6. The number of aldehydes is 1. The third-order valence-electron chi connectivity index (χ3n) is 10.2. The molecule has 0 saturated heterocycles. The van der Waals surface area contributed by atoms with Gasteiger partial charge in [0.15, 0.2) is 0 Å². The number of carbonyl (C=O) groups excluding carboxylic acids is 2. The van der Waals surface area contributed by atoms with E-state index in [0.717, 1.165) is 62.1 Å². The standard InChI is InChI=1S/C27H42O2/c1-18(17-28)6-5-7-19(2)23-10-11-24-22-9-8-20-16-21(29)12-14-26(20,3)25(22)13-15-27(23,24)4/h9,17-20,23-25H,5-8,10-16H2,1-4H3/t18?,19?,20?,23-,24?,25?,26+,27-/m1/s1. The van der Waals surface area contributed by atoms with Crippen LogP contribution in [0.3, 0.4) is 0 Å². The molecule has 162 valence electrons.